The quantitative estimate of drug-likeness (QED) is 0.124. The van der Waals surface area contributed by atoms with Crippen molar-refractivity contribution in [3.8, 4) is 11.5 Å². The summed E-state index contributed by atoms with van der Waals surface area (Å²) in [6.07, 6.45) is 0.873. The smallest absolute Gasteiger partial charge is 0.338 e. The van der Waals surface area contributed by atoms with Crippen molar-refractivity contribution in [2.45, 2.75) is 20.3 Å². The Morgan fingerprint density at radius 1 is 0.780 bits per heavy atom. The third-order valence-corrected chi connectivity index (χ3v) is 5.16. The minimum atomic E-state index is -0.646. The molecule has 3 rings (SSSR count). The van der Waals surface area contributed by atoms with Crippen LogP contribution in [0.1, 0.15) is 36.2 Å². The highest BCUT2D eigenvalue weighted by atomic mass is 19.1. The van der Waals surface area contributed by atoms with Crippen molar-refractivity contribution in [1.29, 1.82) is 0 Å². The Kier molecular flexibility index (Phi) is 11.3. The first-order valence-electron chi connectivity index (χ1n) is 12.6. The fourth-order valence-electron chi connectivity index (χ4n) is 3.34. The summed E-state index contributed by atoms with van der Waals surface area (Å²) < 4.78 is 29.1. The van der Waals surface area contributed by atoms with Crippen LogP contribution in [0.5, 0.6) is 11.5 Å². The first kappa shape index (κ1) is 30.3. The van der Waals surface area contributed by atoms with E-state index in [0.29, 0.717) is 40.6 Å². The summed E-state index contributed by atoms with van der Waals surface area (Å²) in [4.78, 5) is 48.1. The zero-order valence-electron chi connectivity index (χ0n) is 22.4. The number of halogens is 1. The van der Waals surface area contributed by atoms with Crippen LogP contribution in [0.4, 0.5) is 15.8 Å². The minimum Gasteiger partial charge on any atom is -0.490 e. The fourth-order valence-corrected chi connectivity index (χ4v) is 3.34. The standard InChI is InChI=1S/C29H29FN4O7/c1-3-39-25-15-19(17-31-34-27(36)16-26(35)32-23-12-8-21(30)9-13-23)5-14-24(25)41-18-28(37)33-22-10-6-20(7-11-22)29(38)40-4-2/h5-15,17H,3-4,16,18H2,1-2H3,(H,32,35)(H,33,37)(H,34,36). The average Bonchev–Trinajstić information content (AvgIpc) is 2.94. The number of carbonyl (C=O) groups excluding carboxylic acids is 4. The number of amides is 3. The summed E-state index contributed by atoms with van der Waals surface area (Å²) in [5.74, 6) is -1.86. The molecule has 0 fully saturated rings. The zero-order chi connectivity index (χ0) is 29.6. The molecular formula is C29H29FN4O7. The number of carbonyl (C=O) groups is 4. The molecule has 0 bridgehead atoms. The van der Waals surface area contributed by atoms with Crippen LogP contribution in [0, 0.1) is 5.82 Å². The van der Waals surface area contributed by atoms with Crippen molar-refractivity contribution < 1.29 is 37.8 Å². The summed E-state index contributed by atoms with van der Waals surface area (Å²) in [5, 5.41) is 9.01. The van der Waals surface area contributed by atoms with E-state index < -0.39 is 35.9 Å². The molecule has 0 aliphatic heterocycles. The summed E-state index contributed by atoms with van der Waals surface area (Å²) in [6, 6.07) is 16.3. The van der Waals surface area contributed by atoms with E-state index in [1.807, 2.05) is 0 Å². The van der Waals surface area contributed by atoms with Crippen molar-refractivity contribution in [2.24, 2.45) is 5.10 Å². The summed E-state index contributed by atoms with van der Waals surface area (Å²) >= 11 is 0. The van der Waals surface area contributed by atoms with Crippen LogP contribution in [-0.4, -0.2) is 49.7 Å². The molecule has 0 aliphatic rings. The summed E-state index contributed by atoms with van der Waals surface area (Å²) in [5.41, 5.74) is 4.04. The number of nitrogens with one attached hydrogen (secondary N) is 3. The molecule has 3 amide bonds. The molecule has 3 aromatic rings. The van der Waals surface area contributed by atoms with E-state index in [1.54, 1.807) is 56.3 Å². The predicted molar refractivity (Wildman–Crippen MR) is 150 cm³/mol. The highest BCUT2D eigenvalue weighted by Gasteiger charge is 2.12. The number of ether oxygens (including phenoxy) is 3. The number of benzene rings is 3. The van der Waals surface area contributed by atoms with Crippen LogP contribution >= 0.6 is 0 Å². The first-order valence-corrected chi connectivity index (χ1v) is 12.6. The second-order valence-corrected chi connectivity index (χ2v) is 8.30. The lowest BCUT2D eigenvalue weighted by Gasteiger charge is -2.13. The maximum atomic E-state index is 13.0. The Labute approximate surface area is 235 Å². The van der Waals surface area contributed by atoms with Gasteiger partial charge in [-0.2, -0.15) is 5.10 Å². The highest BCUT2D eigenvalue weighted by molar-refractivity contribution is 6.03. The van der Waals surface area contributed by atoms with Crippen LogP contribution < -0.4 is 25.5 Å². The molecule has 0 aromatic heterocycles. The largest absolute Gasteiger partial charge is 0.490 e. The molecule has 0 spiro atoms. The van der Waals surface area contributed by atoms with E-state index in [4.69, 9.17) is 14.2 Å². The molecule has 0 heterocycles. The van der Waals surface area contributed by atoms with Crippen molar-refractivity contribution in [2.75, 3.05) is 30.5 Å². The van der Waals surface area contributed by atoms with E-state index in [1.165, 1.54) is 30.5 Å². The Balaban J connectivity index is 1.50. The fraction of sp³-hybridized carbons (Fsp3) is 0.207. The molecule has 0 saturated heterocycles. The number of hydrogen-bond acceptors (Lipinski definition) is 8. The molecule has 0 unspecified atom stereocenters. The average molecular weight is 565 g/mol. The number of nitrogens with zero attached hydrogens (tertiary/aromatic N) is 1. The summed E-state index contributed by atoms with van der Waals surface area (Å²) in [7, 11) is 0. The molecule has 41 heavy (non-hydrogen) atoms. The summed E-state index contributed by atoms with van der Waals surface area (Å²) in [6.45, 7) is 3.80. The van der Waals surface area contributed by atoms with Gasteiger partial charge in [0.2, 0.25) is 11.8 Å². The van der Waals surface area contributed by atoms with E-state index in [2.05, 4.69) is 21.2 Å². The Morgan fingerprint density at radius 3 is 2.10 bits per heavy atom. The van der Waals surface area contributed by atoms with Crippen LogP contribution in [0.3, 0.4) is 0 Å². The Morgan fingerprint density at radius 2 is 1.44 bits per heavy atom. The van der Waals surface area contributed by atoms with E-state index in [9.17, 15) is 23.6 Å². The van der Waals surface area contributed by atoms with Gasteiger partial charge in [0.25, 0.3) is 5.91 Å². The Bertz CT molecular complexity index is 1390. The van der Waals surface area contributed by atoms with E-state index in [0.717, 1.165) is 0 Å². The predicted octanol–water partition coefficient (Wildman–Crippen LogP) is 3.90. The number of hydrazone groups is 1. The van der Waals surface area contributed by atoms with Gasteiger partial charge < -0.3 is 24.8 Å². The topological polar surface area (TPSA) is 144 Å². The molecule has 0 saturated carbocycles. The lowest BCUT2D eigenvalue weighted by molar-refractivity contribution is -0.126. The lowest BCUT2D eigenvalue weighted by Crippen LogP contribution is -2.24. The van der Waals surface area contributed by atoms with Crippen LogP contribution in [0.15, 0.2) is 71.8 Å². The third kappa shape index (κ3) is 10.1. The molecule has 0 aliphatic carbocycles. The molecule has 0 atom stereocenters. The van der Waals surface area contributed by atoms with Gasteiger partial charge in [0.15, 0.2) is 18.1 Å². The third-order valence-electron chi connectivity index (χ3n) is 5.16. The normalized spacial score (nSPS) is 10.5. The molecule has 3 N–H and O–H groups in total. The Hall–Kier alpha value is -5.26. The SMILES string of the molecule is CCOC(=O)c1ccc(NC(=O)COc2ccc(C=NNC(=O)CC(=O)Nc3ccc(F)cc3)cc2OCC)cc1. The number of hydrogen-bond donors (Lipinski definition) is 3. The van der Waals surface area contributed by atoms with Gasteiger partial charge in [0.05, 0.1) is 25.0 Å². The molecule has 11 nitrogen and oxygen atoms in total. The highest BCUT2D eigenvalue weighted by Crippen LogP contribution is 2.28. The van der Waals surface area contributed by atoms with Crippen LogP contribution in [0.25, 0.3) is 0 Å². The van der Waals surface area contributed by atoms with Gasteiger partial charge in [-0.1, -0.05) is 0 Å². The number of anilines is 2. The van der Waals surface area contributed by atoms with Crippen molar-refractivity contribution in [3.05, 3.63) is 83.7 Å². The van der Waals surface area contributed by atoms with Gasteiger partial charge in [-0.25, -0.2) is 14.6 Å². The maximum Gasteiger partial charge on any atom is 0.338 e. The van der Waals surface area contributed by atoms with Gasteiger partial charge in [0, 0.05) is 11.4 Å². The van der Waals surface area contributed by atoms with Gasteiger partial charge in [0.1, 0.15) is 12.2 Å². The zero-order valence-corrected chi connectivity index (χ0v) is 22.4. The monoisotopic (exact) mass is 564 g/mol. The molecular weight excluding hydrogens is 535 g/mol. The minimum absolute atomic E-state index is 0.268. The van der Waals surface area contributed by atoms with Gasteiger partial charge >= 0.3 is 5.97 Å². The van der Waals surface area contributed by atoms with Crippen molar-refractivity contribution in [3.63, 3.8) is 0 Å². The van der Waals surface area contributed by atoms with Crippen LogP contribution in [0.2, 0.25) is 0 Å². The first-order chi connectivity index (χ1) is 19.8. The molecule has 0 radical (unpaired) electrons. The number of rotatable bonds is 13. The van der Waals surface area contributed by atoms with Crippen LogP contribution in [-0.2, 0) is 19.1 Å². The number of esters is 1. The van der Waals surface area contributed by atoms with E-state index in [-0.39, 0.29) is 13.2 Å². The molecule has 3 aromatic carbocycles. The van der Waals surface area contributed by atoms with Gasteiger partial charge in [-0.3, -0.25) is 14.4 Å². The van der Waals surface area contributed by atoms with Gasteiger partial charge in [-0.05, 0) is 86.1 Å². The second-order valence-electron chi connectivity index (χ2n) is 8.30. The van der Waals surface area contributed by atoms with Crippen molar-refractivity contribution in [1.82, 2.24) is 5.43 Å². The maximum absolute atomic E-state index is 13.0. The van der Waals surface area contributed by atoms with E-state index >= 15 is 0 Å². The second kappa shape index (κ2) is 15.4. The lowest BCUT2D eigenvalue weighted by atomic mass is 10.2. The van der Waals surface area contributed by atoms with Crippen molar-refractivity contribution >= 4 is 41.3 Å². The molecule has 214 valence electrons. The molecule has 12 heteroatoms. The van der Waals surface area contributed by atoms with Gasteiger partial charge in [-0.15, -0.1) is 0 Å².